The Bertz CT molecular complexity index is 1070. The van der Waals surface area contributed by atoms with Crippen LogP contribution in [0.15, 0.2) is 41.5 Å². The van der Waals surface area contributed by atoms with E-state index in [1.165, 1.54) is 0 Å². The number of aromatic amines is 1. The van der Waals surface area contributed by atoms with Gasteiger partial charge in [0.1, 0.15) is 5.56 Å². The molecule has 0 unspecified atom stereocenters. The van der Waals surface area contributed by atoms with Crippen molar-refractivity contribution in [3.05, 3.63) is 63.8 Å². The maximum atomic E-state index is 12.8. The number of rotatable bonds is 4. The molecule has 0 radical (unpaired) electrons. The number of carbonyl (C=O) groups is 2. The first kappa shape index (κ1) is 20.3. The quantitative estimate of drug-likeness (QED) is 0.657. The summed E-state index contributed by atoms with van der Waals surface area (Å²) < 4.78 is 2.02. The first-order chi connectivity index (χ1) is 14.0. The van der Waals surface area contributed by atoms with Crippen molar-refractivity contribution in [3.63, 3.8) is 0 Å². The molecule has 1 aliphatic carbocycles. The zero-order valence-corrected chi connectivity index (χ0v) is 16.3. The van der Waals surface area contributed by atoms with Crippen LogP contribution in [0.4, 0.5) is 0 Å². The molecule has 2 heterocycles. The van der Waals surface area contributed by atoms with Crippen LogP contribution in [0, 0.1) is 0 Å². The van der Waals surface area contributed by atoms with E-state index in [2.05, 4.69) is 9.97 Å². The fraction of sp³-hybridized carbons (Fsp3) is 0.333. The largest absolute Gasteiger partial charge is 0.483 e. The van der Waals surface area contributed by atoms with Crippen LogP contribution >= 0.6 is 0 Å². The molecule has 8 heteroatoms. The van der Waals surface area contributed by atoms with Crippen molar-refractivity contribution in [2.45, 2.75) is 32.2 Å². The third-order valence-corrected chi connectivity index (χ3v) is 5.12. The fourth-order valence-corrected chi connectivity index (χ4v) is 3.59. The summed E-state index contributed by atoms with van der Waals surface area (Å²) in [6, 6.07) is 9.70. The van der Waals surface area contributed by atoms with Crippen LogP contribution in [0.2, 0.25) is 0 Å². The summed E-state index contributed by atoms with van der Waals surface area (Å²) in [4.78, 5) is 42.3. The molecule has 1 amide bonds. The second kappa shape index (κ2) is 9.18. The van der Waals surface area contributed by atoms with Crippen LogP contribution in [0.25, 0.3) is 11.0 Å². The Labute approximate surface area is 167 Å². The standard InChI is InChI=1S/C20H22N4O2.CH2O2/c1-23(10-11-24-13-21-17-8-4-5-9-18(17)24)20(26)15-12-14-6-2-3-7-16(14)22-19(15)25;2-1-3/h4-5,8-9,12-13H,2-3,6-7,10-11H2,1H3,(H,22,25);1H,(H,2,3). The molecule has 4 rings (SSSR count). The van der Waals surface area contributed by atoms with Crippen LogP contribution in [-0.2, 0) is 24.2 Å². The number of likely N-dealkylation sites (N-methyl/N-ethyl adjacent to an activating group) is 1. The lowest BCUT2D eigenvalue weighted by atomic mass is 9.95. The molecular weight excluding hydrogens is 372 g/mol. The van der Waals surface area contributed by atoms with Crippen molar-refractivity contribution in [1.29, 1.82) is 0 Å². The van der Waals surface area contributed by atoms with E-state index in [0.29, 0.717) is 13.1 Å². The highest BCUT2D eigenvalue weighted by atomic mass is 16.3. The van der Waals surface area contributed by atoms with E-state index < -0.39 is 0 Å². The highest BCUT2D eigenvalue weighted by Gasteiger charge is 2.19. The number of para-hydroxylation sites is 2. The number of hydrogen-bond acceptors (Lipinski definition) is 4. The number of imidazole rings is 1. The van der Waals surface area contributed by atoms with Gasteiger partial charge in [-0.15, -0.1) is 0 Å². The smallest absolute Gasteiger partial charge is 0.290 e. The number of H-pyrrole nitrogens is 1. The van der Waals surface area contributed by atoms with Crippen LogP contribution < -0.4 is 5.56 Å². The van der Waals surface area contributed by atoms with Gasteiger partial charge in [0.2, 0.25) is 0 Å². The Morgan fingerprint density at radius 2 is 2.03 bits per heavy atom. The minimum absolute atomic E-state index is 0.232. The predicted octanol–water partition coefficient (Wildman–Crippen LogP) is 2.08. The van der Waals surface area contributed by atoms with Gasteiger partial charge in [-0.1, -0.05) is 12.1 Å². The van der Waals surface area contributed by atoms with Gasteiger partial charge in [-0.2, -0.15) is 0 Å². The molecule has 0 fully saturated rings. The molecule has 8 nitrogen and oxygen atoms in total. The molecule has 1 aliphatic rings. The molecular formula is C21H24N4O4. The molecule has 2 N–H and O–H groups in total. The van der Waals surface area contributed by atoms with Crippen molar-refractivity contribution in [2.75, 3.05) is 13.6 Å². The summed E-state index contributed by atoms with van der Waals surface area (Å²) in [6.07, 6.45) is 5.81. The average molecular weight is 396 g/mol. The number of aryl methyl sites for hydroxylation is 2. The second-order valence-electron chi connectivity index (χ2n) is 6.98. The number of benzene rings is 1. The third-order valence-electron chi connectivity index (χ3n) is 5.12. The molecule has 0 spiro atoms. The van der Waals surface area contributed by atoms with Gasteiger partial charge in [0.05, 0.1) is 17.4 Å². The topological polar surface area (TPSA) is 108 Å². The molecule has 0 aliphatic heterocycles. The minimum atomic E-state index is -0.282. The average Bonchev–Trinajstić information content (AvgIpc) is 3.15. The van der Waals surface area contributed by atoms with Crippen molar-refractivity contribution in [3.8, 4) is 0 Å². The van der Waals surface area contributed by atoms with E-state index in [1.807, 2.05) is 28.8 Å². The summed E-state index contributed by atoms with van der Waals surface area (Å²) in [7, 11) is 1.74. The molecule has 0 bridgehead atoms. The number of nitrogens with one attached hydrogen (secondary N) is 1. The lowest BCUT2D eigenvalue weighted by molar-refractivity contribution is -0.122. The molecule has 152 valence electrons. The van der Waals surface area contributed by atoms with Gasteiger partial charge in [0.25, 0.3) is 17.9 Å². The summed E-state index contributed by atoms with van der Waals surface area (Å²) in [5, 5.41) is 6.89. The molecule has 3 aromatic rings. The number of nitrogens with zero attached hydrogens (tertiary/aromatic N) is 3. The van der Waals surface area contributed by atoms with Gasteiger partial charge >= 0.3 is 0 Å². The van der Waals surface area contributed by atoms with Gasteiger partial charge < -0.3 is 19.6 Å². The fourth-order valence-electron chi connectivity index (χ4n) is 3.59. The number of aromatic nitrogens is 3. The van der Waals surface area contributed by atoms with Crippen LogP contribution in [0.5, 0.6) is 0 Å². The number of carbonyl (C=O) groups excluding carboxylic acids is 1. The van der Waals surface area contributed by atoms with E-state index in [0.717, 1.165) is 48.0 Å². The molecule has 0 saturated carbocycles. The predicted molar refractivity (Wildman–Crippen MR) is 109 cm³/mol. The lowest BCUT2D eigenvalue weighted by Gasteiger charge is -2.20. The third kappa shape index (κ3) is 4.53. The molecule has 0 saturated heterocycles. The number of hydrogen-bond donors (Lipinski definition) is 2. The summed E-state index contributed by atoms with van der Waals surface area (Å²) >= 11 is 0. The van der Waals surface area contributed by atoms with Crippen LogP contribution in [0.3, 0.4) is 0 Å². The molecule has 29 heavy (non-hydrogen) atoms. The first-order valence-electron chi connectivity index (χ1n) is 9.53. The number of carboxylic acid groups (broad SMARTS) is 1. The van der Waals surface area contributed by atoms with E-state index in [4.69, 9.17) is 9.90 Å². The Kier molecular flexibility index (Phi) is 6.43. The Hall–Kier alpha value is -3.42. The van der Waals surface area contributed by atoms with E-state index >= 15 is 0 Å². The van der Waals surface area contributed by atoms with Gasteiger partial charge in [-0.3, -0.25) is 14.4 Å². The number of fused-ring (bicyclic) bond motifs is 2. The Balaban J connectivity index is 0.000000755. The molecule has 0 atom stereocenters. The van der Waals surface area contributed by atoms with Gasteiger partial charge in [-0.25, -0.2) is 4.98 Å². The SMILES string of the molecule is CN(CCn1cnc2ccccc21)C(=O)c1cc2c([nH]c1=O)CCCC2.O=CO. The van der Waals surface area contributed by atoms with Crippen molar-refractivity contribution < 1.29 is 14.7 Å². The van der Waals surface area contributed by atoms with E-state index in [9.17, 15) is 9.59 Å². The van der Waals surface area contributed by atoms with Crippen molar-refractivity contribution >= 4 is 23.4 Å². The molecule has 1 aromatic carbocycles. The van der Waals surface area contributed by atoms with Crippen molar-refractivity contribution in [2.24, 2.45) is 0 Å². The van der Waals surface area contributed by atoms with Gasteiger partial charge in [0.15, 0.2) is 0 Å². The number of pyridine rings is 1. The highest BCUT2D eigenvalue weighted by Crippen LogP contribution is 2.19. The zero-order chi connectivity index (χ0) is 20.8. The van der Waals surface area contributed by atoms with E-state index in [1.54, 1.807) is 24.3 Å². The van der Waals surface area contributed by atoms with Crippen LogP contribution in [0.1, 0.15) is 34.5 Å². The van der Waals surface area contributed by atoms with Crippen molar-refractivity contribution in [1.82, 2.24) is 19.4 Å². The van der Waals surface area contributed by atoms with Crippen LogP contribution in [-0.4, -0.2) is 50.5 Å². The summed E-state index contributed by atoms with van der Waals surface area (Å²) in [5.41, 5.74) is 4.03. The Morgan fingerprint density at radius 1 is 1.31 bits per heavy atom. The first-order valence-corrected chi connectivity index (χ1v) is 9.53. The van der Waals surface area contributed by atoms with E-state index in [-0.39, 0.29) is 23.5 Å². The second-order valence-corrected chi connectivity index (χ2v) is 6.98. The summed E-state index contributed by atoms with van der Waals surface area (Å²) in [6.45, 7) is 0.890. The zero-order valence-electron chi connectivity index (χ0n) is 16.3. The number of amides is 1. The maximum Gasteiger partial charge on any atom is 0.290 e. The highest BCUT2D eigenvalue weighted by molar-refractivity contribution is 5.93. The Morgan fingerprint density at radius 3 is 2.83 bits per heavy atom. The lowest BCUT2D eigenvalue weighted by Crippen LogP contribution is -2.34. The van der Waals surface area contributed by atoms with Gasteiger partial charge in [0, 0.05) is 25.8 Å². The monoisotopic (exact) mass is 396 g/mol. The maximum absolute atomic E-state index is 12.8. The minimum Gasteiger partial charge on any atom is -0.483 e. The summed E-state index contributed by atoms with van der Waals surface area (Å²) in [5.74, 6) is -0.232. The molecule has 2 aromatic heterocycles. The van der Waals surface area contributed by atoms with Gasteiger partial charge in [-0.05, 0) is 49.4 Å². The normalized spacial score (nSPS) is 12.6.